The Hall–Kier alpha value is -5.21. The van der Waals surface area contributed by atoms with Crippen LogP contribution in [0, 0.1) is 0 Å². The fourth-order valence-electron chi connectivity index (χ4n) is 4.83. The third kappa shape index (κ3) is 4.54. The molecule has 0 saturated heterocycles. The molecule has 0 radical (unpaired) electrons. The van der Waals surface area contributed by atoms with Crippen molar-refractivity contribution in [2.75, 3.05) is 0 Å². The fourth-order valence-corrected chi connectivity index (χ4v) is 4.83. The van der Waals surface area contributed by atoms with Crippen molar-refractivity contribution >= 4 is 21.9 Å². The van der Waals surface area contributed by atoms with Crippen LogP contribution in [0.25, 0.3) is 55.8 Å². The van der Waals surface area contributed by atoms with E-state index >= 15 is 0 Å². The van der Waals surface area contributed by atoms with E-state index in [1.807, 2.05) is 55.0 Å². The molecule has 0 aliphatic heterocycles. The first-order valence-electron chi connectivity index (χ1n) is 12.7. The quantitative estimate of drug-likeness (QED) is 0.247. The second-order valence-electron chi connectivity index (χ2n) is 9.38. The number of fused-ring (bicyclic) bond motifs is 2. The minimum absolute atomic E-state index is 0.720. The number of H-pyrrole nitrogens is 2. The summed E-state index contributed by atoms with van der Waals surface area (Å²) >= 11 is 0. The van der Waals surface area contributed by atoms with Gasteiger partial charge in [-0.15, -0.1) is 0 Å². The predicted molar refractivity (Wildman–Crippen MR) is 152 cm³/mol. The molecule has 0 fully saturated rings. The van der Waals surface area contributed by atoms with Gasteiger partial charge >= 0.3 is 0 Å². The summed E-state index contributed by atoms with van der Waals surface area (Å²) in [7, 11) is 0. The lowest BCUT2D eigenvalue weighted by atomic mass is 10.1. The average molecular weight is 509 g/mol. The minimum atomic E-state index is 0.720. The van der Waals surface area contributed by atoms with E-state index in [0.29, 0.717) is 0 Å². The molecule has 188 valence electrons. The van der Waals surface area contributed by atoms with Crippen molar-refractivity contribution in [1.82, 2.24) is 40.4 Å². The van der Waals surface area contributed by atoms with Crippen molar-refractivity contribution in [3.8, 4) is 33.9 Å². The molecule has 7 rings (SSSR count). The van der Waals surface area contributed by atoms with Crippen molar-refractivity contribution in [1.29, 1.82) is 0 Å². The maximum Gasteiger partial charge on any atom is 0.135 e. The summed E-state index contributed by atoms with van der Waals surface area (Å²) in [6.07, 6.45) is 9.13. The molecular weight excluding hydrogens is 484 g/mol. The van der Waals surface area contributed by atoms with Crippen molar-refractivity contribution in [2.45, 2.75) is 13.1 Å². The Morgan fingerprint density at radius 2 is 1.59 bits per heavy atom. The summed E-state index contributed by atoms with van der Waals surface area (Å²) in [5.41, 5.74) is 10.3. The molecule has 0 atom stereocenters. The maximum absolute atomic E-state index is 5.00. The smallest absolute Gasteiger partial charge is 0.135 e. The number of hydrogen-bond donors (Lipinski definition) is 3. The molecule has 0 aliphatic carbocycles. The predicted octanol–water partition coefficient (Wildman–Crippen LogP) is 5.92. The van der Waals surface area contributed by atoms with E-state index in [1.54, 1.807) is 12.4 Å². The van der Waals surface area contributed by atoms with Crippen LogP contribution in [0.1, 0.15) is 11.1 Å². The Morgan fingerprint density at radius 1 is 0.692 bits per heavy atom. The molecule has 7 aromatic rings. The fraction of sp³-hybridized carbons (Fsp3) is 0.0645. The molecule has 1 aromatic carbocycles. The van der Waals surface area contributed by atoms with Gasteiger partial charge in [0.2, 0.25) is 0 Å². The molecule has 0 aliphatic rings. The monoisotopic (exact) mass is 508 g/mol. The van der Waals surface area contributed by atoms with Crippen LogP contribution in [0.3, 0.4) is 0 Å². The van der Waals surface area contributed by atoms with Crippen molar-refractivity contribution in [3.05, 3.63) is 115 Å². The van der Waals surface area contributed by atoms with Crippen LogP contribution in [0.5, 0.6) is 0 Å². The van der Waals surface area contributed by atoms with E-state index in [1.165, 1.54) is 5.56 Å². The Kier molecular flexibility index (Phi) is 5.84. The number of nitrogens with zero attached hydrogens (tertiary/aromatic N) is 5. The standard InChI is InChI=1S/C31H24N8/c1-2-5-20(6-3-1)15-33-16-21-13-23(19-34-17-21)25-8-9-27-30(37-25)31(39-38-27)28-14-24-26(36-28)10-12-35-29(24)22-7-4-11-32-18-22/h1-14,17-19,33,36H,15-16H2,(H,38,39). The summed E-state index contributed by atoms with van der Waals surface area (Å²) in [5.74, 6) is 0. The number of pyridine rings is 4. The van der Waals surface area contributed by atoms with Crippen LogP contribution < -0.4 is 5.32 Å². The number of hydrogen-bond acceptors (Lipinski definition) is 6. The molecule has 0 bridgehead atoms. The zero-order chi connectivity index (χ0) is 26.0. The largest absolute Gasteiger partial charge is 0.353 e. The highest BCUT2D eigenvalue weighted by Crippen LogP contribution is 2.33. The first-order chi connectivity index (χ1) is 19.3. The SMILES string of the molecule is c1ccc(CNCc2cncc(-c3ccc4[nH]nc(-c5cc6c(-c7cccnc7)nccc6[nH]5)c4n3)c2)cc1. The normalized spacial score (nSPS) is 11.4. The van der Waals surface area contributed by atoms with Gasteiger partial charge in [-0.3, -0.25) is 20.1 Å². The number of aromatic nitrogens is 7. The van der Waals surface area contributed by atoms with Crippen LogP contribution in [0.2, 0.25) is 0 Å². The lowest BCUT2D eigenvalue weighted by Gasteiger charge is -2.07. The van der Waals surface area contributed by atoms with Crippen molar-refractivity contribution in [2.24, 2.45) is 0 Å². The van der Waals surface area contributed by atoms with Crippen molar-refractivity contribution in [3.63, 3.8) is 0 Å². The van der Waals surface area contributed by atoms with Crippen LogP contribution in [0.4, 0.5) is 0 Å². The molecule has 0 unspecified atom stereocenters. The molecule has 0 spiro atoms. The molecule has 6 heterocycles. The van der Waals surface area contributed by atoms with E-state index in [9.17, 15) is 0 Å². The summed E-state index contributed by atoms with van der Waals surface area (Å²) < 4.78 is 0. The van der Waals surface area contributed by atoms with Crippen LogP contribution in [-0.2, 0) is 13.1 Å². The zero-order valence-electron chi connectivity index (χ0n) is 21.0. The highest BCUT2D eigenvalue weighted by atomic mass is 15.1. The first kappa shape index (κ1) is 22.9. The van der Waals surface area contributed by atoms with Gasteiger partial charge in [-0.05, 0) is 53.6 Å². The number of benzene rings is 1. The van der Waals surface area contributed by atoms with Crippen molar-refractivity contribution < 1.29 is 0 Å². The number of aromatic amines is 2. The highest BCUT2D eigenvalue weighted by Gasteiger charge is 2.16. The van der Waals surface area contributed by atoms with Gasteiger partial charge in [-0.2, -0.15) is 5.10 Å². The Morgan fingerprint density at radius 3 is 2.49 bits per heavy atom. The molecule has 0 saturated carbocycles. The average Bonchev–Trinajstić information content (AvgIpc) is 3.62. The number of nitrogens with one attached hydrogen (secondary N) is 3. The third-order valence-electron chi connectivity index (χ3n) is 6.74. The second kappa shape index (κ2) is 9.92. The summed E-state index contributed by atoms with van der Waals surface area (Å²) in [4.78, 5) is 21.9. The molecule has 0 amide bonds. The summed E-state index contributed by atoms with van der Waals surface area (Å²) in [5, 5.41) is 12.2. The lowest BCUT2D eigenvalue weighted by molar-refractivity contribution is 0.691. The highest BCUT2D eigenvalue weighted by molar-refractivity contribution is 5.99. The van der Waals surface area contributed by atoms with Gasteiger partial charge in [-0.1, -0.05) is 30.3 Å². The van der Waals surface area contributed by atoms with E-state index in [-0.39, 0.29) is 0 Å². The zero-order valence-corrected chi connectivity index (χ0v) is 21.0. The molecule has 6 aromatic heterocycles. The van der Waals surface area contributed by atoms with Gasteiger partial charge in [0.15, 0.2) is 0 Å². The van der Waals surface area contributed by atoms with E-state index in [4.69, 9.17) is 4.98 Å². The number of rotatable bonds is 7. The van der Waals surface area contributed by atoms with Crippen LogP contribution in [-0.4, -0.2) is 35.1 Å². The second-order valence-corrected chi connectivity index (χ2v) is 9.38. The van der Waals surface area contributed by atoms with E-state index in [2.05, 4.69) is 71.8 Å². The minimum Gasteiger partial charge on any atom is -0.353 e. The molecular formula is C31H24N8. The summed E-state index contributed by atoms with van der Waals surface area (Å²) in [6, 6.07) is 24.5. The summed E-state index contributed by atoms with van der Waals surface area (Å²) in [6.45, 7) is 1.52. The molecule has 8 nitrogen and oxygen atoms in total. The van der Waals surface area contributed by atoms with Gasteiger partial charge in [0.1, 0.15) is 11.2 Å². The van der Waals surface area contributed by atoms with E-state index in [0.717, 1.165) is 74.5 Å². The van der Waals surface area contributed by atoms with Gasteiger partial charge in [-0.25, -0.2) is 4.98 Å². The molecule has 3 N–H and O–H groups in total. The Bertz CT molecular complexity index is 1890. The van der Waals surface area contributed by atoms with Gasteiger partial charge in [0.25, 0.3) is 0 Å². The molecule has 39 heavy (non-hydrogen) atoms. The topological polar surface area (TPSA) is 108 Å². The first-order valence-corrected chi connectivity index (χ1v) is 12.7. The third-order valence-corrected chi connectivity index (χ3v) is 6.74. The molecule has 8 heteroatoms. The van der Waals surface area contributed by atoms with Crippen LogP contribution in [0.15, 0.2) is 104 Å². The van der Waals surface area contributed by atoms with Gasteiger partial charge < -0.3 is 10.3 Å². The Balaban J connectivity index is 1.20. The maximum atomic E-state index is 5.00. The Labute approximate surface area is 224 Å². The van der Waals surface area contributed by atoms with Gasteiger partial charge in [0, 0.05) is 66.1 Å². The lowest BCUT2D eigenvalue weighted by Crippen LogP contribution is -2.12. The van der Waals surface area contributed by atoms with Crippen LogP contribution >= 0.6 is 0 Å². The van der Waals surface area contributed by atoms with Gasteiger partial charge in [0.05, 0.1) is 22.6 Å². The van der Waals surface area contributed by atoms with E-state index < -0.39 is 0 Å².